The van der Waals surface area contributed by atoms with Crippen molar-refractivity contribution in [1.82, 2.24) is 5.32 Å². The fourth-order valence-corrected chi connectivity index (χ4v) is 2.94. The highest BCUT2D eigenvalue weighted by Crippen LogP contribution is 2.33. The van der Waals surface area contributed by atoms with Crippen LogP contribution < -0.4 is 5.32 Å². The van der Waals surface area contributed by atoms with Crippen LogP contribution in [0.2, 0.25) is 0 Å². The minimum Gasteiger partial charge on any atom is -0.465 e. The number of rotatable bonds is 2. The molecule has 1 aliphatic rings. The van der Waals surface area contributed by atoms with E-state index in [4.69, 9.17) is 5.11 Å². The summed E-state index contributed by atoms with van der Waals surface area (Å²) >= 11 is 0. The van der Waals surface area contributed by atoms with E-state index in [9.17, 15) is 9.18 Å². The minimum absolute atomic E-state index is 0.131. The van der Waals surface area contributed by atoms with Crippen LogP contribution in [0.25, 0.3) is 11.1 Å². The first-order valence-corrected chi connectivity index (χ1v) is 7.02. The fourth-order valence-electron chi connectivity index (χ4n) is 2.94. The zero-order valence-corrected chi connectivity index (χ0v) is 11.5. The smallest absolute Gasteiger partial charge is 0.405 e. The van der Waals surface area contributed by atoms with Gasteiger partial charge in [0.15, 0.2) is 0 Å². The number of aryl methyl sites for hydroxylation is 1. The number of carbonyl (C=O) groups is 1. The first kappa shape index (κ1) is 13.6. The Balaban J connectivity index is 1.94. The first-order valence-electron chi connectivity index (χ1n) is 7.02. The van der Waals surface area contributed by atoms with Crippen molar-refractivity contribution in [3.05, 3.63) is 59.4 Å². The lowest BCUT2D eigenvalue weighted by molar-refractivity contribution is 0.188. The number of benzene rings is 2. The number of amides is 1. The van der Waals surface area contributed by atoms with Crippen LogP contribution in [0, 0.1) is 5.82 Å². The number of hydrogen-bond donors (Lipinski definition) is 2. The van der Waals surface area contributed by atoms with Gasteiger partial charge in [-0.1, -0.05) is 30.3 Å². The molecule has 108 valence electrons. The van der Waals surface area contributed by atoms with Crippen molar-refractivity contribution < 1.29 is 14.3 Å². The molecule has 4 heteroatoms. The van der Waals surface area contributed by atoms with E-state index in [1.807, 2.05) is 12.1 Å². The molecule has 0 radical (unpaired) electrons. The van der Waals surface area contributed by atoms with Gasteiger partial charge >= 0.3 is 6.09 Å². The summed E-state index contributed by atoms with van der Waals surface area (Å²) in [6.45, 7) is 0. The zero-order chi connectivity index (χ0) is 14.8. The molecular formula is C17H16FNO2. The second-order valence-electron chi connectivity index (χ2n) is 5.31. The monoisotopic (exact) mass is 285 g/mol. The molecular weight excluding hydrogens is 269 g/mol. The topological polar surface area (TPSA) is 49.3 Å². The van der Waals surface area contributed by atoms with Crippen molar-refractivity contribution in [3.8, 4) is 11.1 Å². The van der Waals surface area contributed by atoms with Crippen LogP contribution in [-0.4, -0.2) is 11.2 Å². The van der Waals surface area contributed by atoms with Gasteiger partial charge in [-0.2, -0.15) is 0 Å². The highest BCUT2D eigenvalue weighted by atomic mass is 19.1. The predicted octanol–water partition coefficient (Wildman–Crippen LogP) is 4.14. The van der Waals surface area contributed by atoms with Gasteiger partial charge in [-0.25, -0.2) is 9.18 Å². The molecule has 1 aliphatic carbocycles. The molecule has 1 atom stereocenters. The Kier molecular flexibility index (Phi) is 3.60. The number of hydrogen-bond acceptors (Lipinski definition) is 1. The van der Waals surface area contributed by atoms with Crippen LogP contribution >= 0.6 is 0 Å². The van der Waals surface area contributed by atoms with Gasteiger partial charge in [0, 0.05) is 0 Å². The second kappa shape index (κ2) is 5.56. The summed E-state index contributed by atoms with van der Waals surface area (Å²) in [5.74, 6) is -0.248. The summed E-state index contributed by atoms with van der Waals surface area (Å²) in [5.41, 5.74) is 4.22. The zero-order valence-electron chi connectivity index (χ0n) is 11.5. The molecule has 0 bridgehead atoms. The van der Waals surface area contributed by atoms with Gasteiger partial charge in [0.2, 0.25) is 0 Å². The van der Waals surface area contributed by atoms with E-state index < -0.39 is 6.09 Å². The van der Waals surface area contributed by atoms with E-state index in [1.54, 1.807) is 12.1 Å². The van der Waals surface area contributed by atoms with Crippen molar-refractivity contribution in [3.63, 3.8) is 0 Å². The summed E-state index contributed by atoms with van der Waals surface area (Å²) in [4.78, 5) is 10.9. The number of nitrogens with one attached hydrogen (secondary N) is 1. The molecule has 0 saturated carbocycles. The highest BCUT2D eigenvalue weighted by Gasteiger charge is 2.21. The molecule has 2 aromatic carbocycles. The van der Waals surface area contributed by atoms with Crippen molar-refractivity contribution in [2.45, 2.75) is 25.3 Å². The molecule has 2 N–H and O–H groups in total. The predicted molar refractivity (Wildman–Crippen MR) is 78.7 cm³/mol. The molecule has 1 amide bonds. The van der Waals surface area contributed by atoms with Crippen LogP contribution in [0.1, 0.15) is 30.0 Å². The van der Waals surface area contributed by atoms with E-state index >= 15 is 0 Å². The maximum atomic E-state index is 13.0. The third-order valence-corrected chi connectivity index (χ3v) is 3.93. The third-order valence-electron chi connectivity index (χ3n) is 3.93. The largest absolute Gasteiger partial charge is 0.465 e. The molecule has 1 unspecified atom stereocenters. The molecule has 3 nitrogen and oxygen atoms in total. The first-order chi connectivity index (χ1) is 10.1. The highest BCUT2D eigenvalue weighted by molar-refractivity contribution is 5.67. The molecule has 0 aromatic heterocycles. The van der Waals surface area contributed by atoms with Gasteiger partial charge in [0.25, 0.3) is 0 Å². The van der Waals surface area contributed by atoms with Gasteiger partial charge in [0.1, 0.15) is 5.82 Å². The van der Waals surface area contributed by atoms with Gasteiger partial charge in [-0.05, 0) is 53.6 Å². The summed E-state index contributed by atoms with van der Waals surface area (Å²) < 4.78 is 13.0. The van der Waals surface area contributed by atoms with Crippen LogP contribution in [-0.2, 0) is 6.42 Å². The van der Waals surface area contributed by atoms with Crippen LogP contribution in [0.5, 0.6) is 0 Å². The summed E-state index contributed by atoms with van der Waals surface area (Å²) in [6.07, 6.45) is 1.75. The summed E-state index contributed by atoms with van der Waals surface area (Å²) in [7, 11) is 0. The van der Waals surface area contributed by atoms with Gasteiger partial charge in [-0.3, -0.25) is 0 Å². The SMILES string of the molecule is O=C(O)NC1CCCc2cc(-c3ccc(F)cc3)ccc21. The van der Waals surface area contributed by atoms with Crippen molar-refractivity contribution >= 4 is 6.09 Å². The number of halogens is 1. The molecule has 3 rings (SSSR count). The van der Waals surface area contributed by atoms with E-state index in [-0.39, 0.29) is 11.9 Å². The molecule has 0 saturated heterocycles. The quantitative estimate of drug-likeness (QED) is 0.871. The number of carboxylic acid groups (broad SMARTS) is 1. The van der Waals surface area contributed by atoms with E-state index in [0.29, 0.717) is 0 Å². The third kappa shape index (κ3) is 2.89. The van der Waals surface area contributed by atoms with Crippen molar-refractivity contribution in [2.75, 3.05) is 0 Å². The van der Waals surface area contributed by atoms with E-state index in [0.717, 1.165) is 36.0 Å². The Morgan fingerprint density at radius 2 is 1.86 bits per heavy atom. The molecule has 2 aromatic rings. The normalized spacial score (nSPS) is 17.1. The van der Waals surface area contributed by atoms with Gasteiger partial charge in [0.05, 0.1) is 6.04 Å². The van der Waals surface area contributed by atoms with Gasteiger partial charge < -0.3 is 10.4 Å². The second-order valence-corrected chi connectivity index (χ2v) is 5.31. The Morgan fingerprint density at radius 1 is 1.14 bits per heavy atom. The van der Waals surface area contributed by atoms with Crippen LogP contribution in [0.4, 0.5) is 9.18 Å². The van der Waals surface area contributed by atoms with Crippen LogP contribution in [0.3, 0.4) is 0 Å². The van der Waals surface area contributed by atoms with Crippen molar-refractivity contribution in [2.24, 2.45) is 0 Å². The fraction of sp³-hybridized carbons (Fsp3) is 0.235. The lowest BCUT2D eigenvalue weighted by atomic mass is 9.86. The lowest BCUT2D eigenvalue weighted by Gasteiger charge is -2.26. The van der Waals surface area contributed by atoms with Crippen molar-refractivity contribution in [1.29, 1.82) is 0 Å². The number of fused-ring (bicyclic) bond motifs is 1. The van der Waals surface area contributed by atoms with E-state index in [1.165, 1.54) is 17.7 Å². The Bertz CT molecular complexity index is 667. The Hall–Kier alpha value is -2.36. The summed E-state index contributed by atoms with van der Waals surface area (Å²) in [5, 5.41) is 11.5. The Morgan fingerprint density at radius 3 is 2.57 bits per heavy atom. The molecule has 0 heterocycles. The standard InChI is InChI=1S/C17H16FNO2/c18-14-7-4-11(5-8-14)12-6-9-15-13(10-12)2-1-3-16(15)19-17(20)21/h4-10,16,19H,1-3H2,(H,20,21). The van der Waals surface area contributed by atoms with E-state index in [2.05, 4.69) is 11.4 Å². The maximum absolute atomic E-state index is 13.0. The average molecular weight is 285 g/mol. The maximum Gasteiger partial charge on any atom is 0.405 e. The molecule has 21 heavy (non-hydrogen) atoms. The average Bonchev–Trinajstić information content (AvgIpc) is 2.47. The molecule has 0 fully saturated rings. The molecule has 0 aliphatic heterocycles. The lowest BCUT2D eigenvalue weighted by Crippen LogP contribution is -2.29. The van der Waals surface area contributed by atoms with Crippen LogP contribution in [0.15, 0.2) is 42.5 Å². The molecule has 0 spiro atoms. The van der Waals surface area contributed by atoms with Gasteiger partial charge in [-0.15, -0.1) is 0 Å². The minimum atomic E-state index is -0.990. The Labute approximate surface area is 122 Å². The summed E-state index contributed by atoms with van der Waals surface area (Å²) in [6, 6.07) is 12.3.